The lowest BCUT2D eigenvalue weighted by Crippen LogP contribution is -2.14. The molecule has 18 heavy (non-hydrogen) atoms. The Balaban J connectivity index is 1.88. The van der Waals surface area contributed by atoms with Crippen molar-refractivity contribution in [1.29, 1.82) is 0 Å². The Morgan fingerprint density at radius 2 is 2.33 bits per heavy atom. The van der Waals surface area contributed by atoms with Crippen LogP contribution in [0.3, 0.4) is 0 Å². The largest absolute Gasteiger partial charge is 0.147 e. The number of thiophene rings is 1. The number of alkyl halides is 2. The second kappa shape index (κ2) is 7.14. The summed E-state index contributed by atoms with van der Waals surface area (Å²) in [5, 5.41) is 3.34. The van der Waals surface area contributed by atoms with Crippen LogP contribution in [-0.4, -0.2) is 11.1 Å². The van der Waals surface area contributed by atoms with Crippen molar-refractivity contribution in [3.8, 4) is 0 Å². The Kier molecular flexibility index (Phi) is 6.11. The monoisotopic (exact) mass is 410 g/mol. The third-order valence-electron chi connectivity index (χ3n) is 3.79. The maximum atomic E-state index is 3.99. The van der Waals surface area contributed by atoms with Crippen LogP contribution in [0.4, 0.5) is 0 Å². The highest BCUT2D eigenvalue weighted by Gasteiger charge is 2.41. The lowest BCUT2D eigenvalue weighted by molar-refractivity contribution is 0.349. The molecule has 0 aromatic carbocycles. The summed E-state index contributed by atoms with van der Waals surface area (Å²) in [5.41, 5.74) is 0. The van der Waals surface area contributed by atoms with Gasteiger partial charge >= 0.3 is 0 Å². The number of rotatable bonds is 6. The summed E-state index contributed by atoms with van der Waals surface area (Å²) in [4.78, 5) is 1.49. The van der Waals surface area contributed by atoms with Crippen LogP contribution >= 0.6 is 55.0 Å². The maximum absolute atomic E-state index is 3.99. The van der Waals surface area contributed by atoms with E-state index in [1.807, 2.05) is 11.3 Å². The first-order valence-electron chi connectivity index (χ1n) is 6.58. The molecule has 1 aliphatic heterocycles. The van der Waals surface area contributed by atoms with Crippen molar-refractivity contribution >= 4 is 55.0 Å². The lowest BCUT2D eigenvalue weighted by atomic mass is 9.87. The van der Waals surface area contributed by atoms with Crippen molar-refractivity contribution in [2.45, 2.75) is 36.3 Å². The molecular formula is C14H20Br2S2. The van der Waals surface area contributed by atoms with Gasteiger partial charge < -0.3 is 0 Å². The molecule has 2 rings (SSSR count). The molecule has 3 unspecified atom stereocenters. The molecule has 0 N–H and O–H groups in total. The van der Waals surface area contributed by atoms with E-state index in [0.717, 1.165) is 17.2 Å². The van der Waals surface area contributed by atoms with Crippen LogP contribution in [0, 0.1) is 11.8 Å². The number of hydrogen-bond donors (Lipinski definition) is 0. The van der Waals surface area contributed by atoms with Gasteiger partial charge in [-0.2, -0.15) is 0 Å². The topological polar surface area (TPSA) is 0 Å². The molecule has 102 valence electrons. The second-order valence-electron chi connectivity index (χ2n) is 5.14. The SMILES string of the molecule is CC(CCCCBr)C1CSC(Br)(c2cccs2)C1. The summed E-state index contributed by atoms with van der Waals surface area (Å²) in [7, 11) is 0. The zero-order valence-electron chi connectivity index (χ0n) is 10.7. The highest BCUT2D eigenvalue weighted by molar-refractivity contribution is 9.11. The van der Waals surface area contributed by atoms with E-state index in [0.29, 0.717) is 0 Å². The summed E-state index contributed by atoms with van der Waals surface area (Å²) in [6.45, 7) is 2.44. The molecule has 0 bridgehead atoms. The predicted molar refractivity (Wildman–Crippen MR) is 92.3 cm³/mol. The van der Waals surface area contributed by atoms with E-state index < -0.39 is 0 Å². The number of unbranched alkanes of at least 4 members (excludes halogenated alkanes) is 1. The van der Waals surface area contributed by atoms with Crippen molar-refractivity contribution < 1.29 is 0 Å². The molecule has 1 fully saturated rings. The van der Waals surface area contributed by atoms with Crippen LogP contribution in [0.1, 0.15) is 37.5 Å². The quantitative estimate of drug-likeness (QED) is 0.393. The summed E-state index contributed by atoms with van der Waals surface area (Å²) in [6.07, 6.45) is 5.34. The Labute approximate surface area is 136 Å². The van der Waals surface area contributed by atoms with Gasteiger partial charge in [0, 0.05) is 10.2 Å². The molecular weight excluding hydrogens is 392 g/mol. The average molecular weight is 412 g/mol. The number of halogens is 2. The van der Waals surface area contributed by atoms with Crippen LogP contribution in [-0.2, 0) is 3.66 Å². The third-order valence-corrected chi connectivity index (χ3v) is 8.65. The van der Waals surface area contributed by atoms with E-state index in [4.69, 9.17) is 0 Å². The highest BCUT2D eigenvalue weighted by Crippen LogP contribution is 2.56. The molecule has 0 spiro atoms. The zero-order chi connectivity index (χ0) is 13.0. The van der Waals surface area contributed by atoms with Crippen LogP contribution in [0.15, 0.2) is 17.5 Å². The molecule has 0 radical (unpaired) electrons. The van der Waals surface area contributed by atoms with Crippen molar-refractivity contribution in [2.75, 3.05) is 11.1 Å². The van der Waals surface area contributed by atoms with Gasteiger partial charge in [0.1, 0.15) is 3.66 Å². The number of thioether (sulfide) groups is 1. The summed E-state index contributed by atoms with van der Waals surface area (Å²) < 4.78 is 0.204. The summed E-state index contributed by atoms with van der Waals surface area (Å²) >= 11 is 11.5. The first-order valence-corrected chi connectivity index (χ1v) is 10.4. The van der Waals surface area contributed by atoms with Crippen LogP contribution in [0.2, 0.25) is 0 Å². The minimum Gasteiger partial charge on any atom is -0.147 e. The minimum atomic E-state index is 0.204. The zero-order valence-corrected chi connectivity index (χ0v) is 15.5. The van der Waals surface area contributed by atoms with Gasteiger partial charge in [0.15, 0.2) is 0 Å². The van der Waals surface area contributed by atoms with Crippen LogP contribution in [0.5, 0.6) is 0 Å². The molecule has 3 atom stereocenters. The lowest BCUT2D eigenvalue weighted by Gasteiger charge is -2.22. The van der Waals surface area contributed by atoms with Crippen molar-refractivity contribution in [3.05, 3.63) is 22.4 Å². The summed E-state index contributed by atoms with van der Waals surface area (Å²) in [6, 6.07) is 4.43. The van der Waals surface area contributed by atoms with Crippen molar-refractivity contribution in [3.63, 3.8) is 0 Å². The molecule has 1 aliphatic rings. The molecule has 0 aliphatic carbocycles. The second-order valence-corrected chi connectivity index (χ2v) is 10.1. The van der Waals surface area contributed by atoms with Crippen molar-refractivity contribution in [1.82, 2.24) is 0 Å². The average Bonchev–Trinajstić information content (AvgIpc) is 2.99. The van der Waals surface area contributed by atoms with E-state index in [2.05, 4.69) is 68.1 Å². The molecule has 2 heterocycles. The van der Waals surface area contributed by atoms with E-state index >= 15 is 0 Å². The van der Waals surface area contributed by atoms with Gasteiger partial charge in [-0.15, -0.1) is 23.1 Å². The van der Waals surface area contributed by atoms with Gasteiger partial charge in [-0.25, -0.2) is 0 Å². The fourth-order valence-corrected chi connectivity index (χ4v) is 6.65. The fraction of sp³-hybridized carbons (Fsp3) is 0.714. The molecule has 1 aromatic heterocycles. The van der Waals surface area contributed by atoms with Gasteiger partial charge in [-0.1, -0.05) is 57.7 Å². The van der Waals surface area contributed by atoms with E-state index in [-0.39, 0.29) is 3.66 Å². The Hall–Kier alpha value is 1.01. The Morgan fingerprint density at radius 1 is 1.50 bits per heavy atom. The Morgan fingerprint density at radius 3 is 3.00 bits per heavy atom. The van der Waals surface area contributed by atoms with E-state index in [1.165, 1.54) is 36.3 Å². The maximum Gasteiger partial charge on any atom is 0.105 e. The normalized spacial score (nSPS) is 29.6. The number of hydrogen-bond acceptors (Lipinski definition) is 2. The third kappa shape index (κ3) is 3.77. The molecule has 1 saturated heterocycles. The van der Waals surface area contributed by atoms with Crippen molar-refractivity contribution in [2.24, 2.45) is 11.8 Å². The standard InChI is InChI=1S/C14H20Br2S2/c1-11(5-2-3-7-15)12-9-14(16,18-10-12)13-6-4-8-17-13/h4,6,8,11-12H,2-3,5,7,9-10H2,1H3. The van der Waals surface area contributed by atoms with Crippen LogP contribution in [0.25, 0.3) is 0 Å². The molecule has 0 saturated carbocycles. The molecule has 0 nitrogen and oxygen atoms in total. The first-order chi connectivity index (χ1) is 8.65. The molecule has 4 heteroatoms. The van der Waals surface area contributed by atoms with Gasteiger partial charge in [0.05, 0.1) is 0 Å². The molecule has 1 aromatic rings. The van der Waals surface area contributed by atoms with Gasteiger partial charge in [0.2, 0.25) is 0 Å². The van der Waals surface area contributed by atoms with Crippen LogP contribution < -0.4 is 0 Å². The predicted octanol–water partition coefficient (Wildman–Crippen LogP) is 6.25. The summed E-state index contributed by atoms with van der Waals surface area (Å²) in [5.74, 6) is 3.03. The smallest absolute Gasteiger partial charge is 0.105 e. The first kappa shape index (κ1) is 15.4. The van der Waals surface area contributed by atoms with E-state index in [1.54, 1.807) is 0 Å². The van der Waals surface area contributed by atoms with Gasteiger partial charge in [-0.3, -0.25) is 0 Å². The van der Waals surface area contributed by atoms with Gasteiger partial charge in [-0.05, 0) is 41.9 Å². The molecule has 0 amide bonds. The highest BCUT2D eigenvalue weighted by atomic mass is 79.9. The fourth-order valence-electron chi connectivity index (χ4n) is 2.52. The van der Waals surface area contributed by atoms with Gasteiger partial charge in [0.25, 0.3) is 0 Å². The minimum absolute atomic E-state index is 0.204. The Bertz CT molecular complexity index is 353. The van der Waals surface area contributed by atoms with E-state index in [9.17, 15) is 0 Å².